The van der Waals surface area contributed by atoms with E-state index in [-0.39, 0.29) is 30.6 Å². The fourth-order valence-corrected chi connectivity index (χ4v) is 6.87. The van der Waals surface area contributed by atoms with Crippen LogP contribution >= 0.6 is 0 Å². The maximum Gasteiger partial charge on any atom is 0.243 e. The molecule has 2 aromatic carbocycles. The molecule has 2 fully saturated rings. The molecule has 35 heavy (non-hydrogen) atoms. The highest BCUT2D eigenvalue weighted by Gasteiger charge is 2.38. The molecule has 0 bridgehead atoms. The van der Waals surface area contributed by atoms with Gasteiger partial charge >= 0.3 is 0 Å². The van der Waals surface area contributed by atoms with Gasteiger partial charge in [0, 0.05) is 36.9 Å². The van der Waals surface area contributed by atoms with Crippen LogP contribution in [0.2, 0.25) is 0 Å². The molecule has 2 N–H and O–H groups in total. The van der Waals surface area contributed by atoms with Gasteiger partial charge in [-0.2, -0.15) is 4.31 Å². The van der Waals surface area contributed by atoms with Crippen LogP contribution in [0.4, 0.5) is 5.69 Å². The highest BCUT2D eigenvalue weighted by atomic mass is 32.2. The Morgan fingerprint density at radius 2 is 1.71 bits per heavy atom. The Bertz CT molecular complexity index is 1110. The molecular formula is C26H36N4O4S. The summed E-state index contributed by atoms with van der Waals surface area (Å²) in [6, 6.07) is 13.8. The van der Waals surface area contributed by atoms with Crippen LogP contribution in [0.3, 0.4) is 0 Å². The van der Waals surface area contributed by atoms with Crippen LogP contribution in [0.15, 0.2) is 53.4 Å². The van der Waals surface area contributed by atoms with Gasteiger partial charge in [0.25, 0.3) is 0 Å². The first-order valence-electron chi connectivity index (χ1n) is 12.3. The first-order valence-corrected chi connectivity index (χ1v) is 13.8. The predicted octanol–water partition coefficient (Wildman–Crippen LogP) is 2.85. The quantitative estimate of drug-likeness (QED) is 0.608. The van der Waals surface area contributed by atoms with E-state index in [1.807, 2.05) is 43.9 Å². The van der Waals surface area contributed by atoms with E-state index in [1.165, 1.54) is 0 Å². The summed E-state index contributed by atoms with van der Waals surface area (Å²) in [7, 11) is -3.60. The Hall–Kier alpha value is -2.46. The number of hydrogen-bond donors (Lipinski definition) is 2. The van der Waals surface area contributed by atoms with Crippen LogP contribution in [0.5, 0.6) is 5.75 Å². The second-order valence-corrected chi connectivity index (χ2v) is 11.5. The Morgan fingerprint density at radius 3 is 2.37 bits per heavy atom. The monoisotopic (exact) mass is 500 g/mol. The summed E-state index contributed by atoms with van der Waals surface area (Å²) in [5.41, 5.74) is 1.71. The molecule has 0 saturated carbocycles. The number of nitrogens with zero attached hydrogens (tertiary/aromatic N) is 2. The molecule has 190 valence electrons. The minimum Gasteiger partial charge on any atom is -0.490 e. The zero-order chi connectivity index (χ0) is 25.0. The normalized spacial score (nSPS) is 22.6. The Morgan fingerprint density at radius 1 is 1.06 bits per heavy atom. The third-order valence-electron chi connectivity index (χ3n) is 6.67. The molecular weight excluding hydrogens is 464 g/mol. The van der Waals surface area contributed by atoms with E-state index in [9.17, 15) is 13.2 Å². The summed E-state index contributed by atoms with van der Waals surface area (Å²) < 4.78 is 34.1. The second kappa shape index (κ2) is 11.1. The van der Waals surface area contributed by atoms with E-state index in [4.69, 9.17) is 4.74 Å². The smallest absolute Gasteiger partial charge is 0.243 e. The van der Waals surface area contributed by atoms with Crippen molar-refractivity contribution < 1.29 is 17.9 Å². The molecule has 2 aliphatic rings. The molecule has 4 rings (SSSR count). The first kappa shape index (κ1) is 25.6. The topological polar surface area (TPSA) is 91.0 Å². The highest BCUT2D eigenvalue weighted by molar-refractivity contribution is 7.89. The number of benzene rings is 2. The summed E-state index contributed by atoms with van der Waals surface area (Å²) in [4.78, 5) is 15.2. The zero-order valence-corrected chi connectivity index (χ0v) is 21.6. The van der Waals surface area contributed by atoms with Crippen LogP contribution in [-0.2, 0) is 14.8 Å². The van der Waals surface area contributed by atoms with Gasteiger partial charge in [0.05, 0.1) is 11.4 Å². The van der Waals surface area contributed by atoms with Crippen molar-refractivity contribution in [3.8, 4) is 5.75 Å². The lowest BCUT2D eigenvalue weighted by molar-refractivity contribution is -0.118. The van der Waals surface area contributed by atoms with Gasteiger partial charge in [0.1, 0.15) is 11.9 Å². The van der Waals surface area contributed by atoms with E-state index in [1.54, 1.807) is 34.6 Å². The van der Waals surface area contributed by atoms with Crippen LogP contribution in [-0.4, -0.2) is 74.4 Å². The summed E-state index contributed by atoms with van der Waals surface area (Å²) in [5.74, 6) is 0.644. The molecule has 0 aromatic heterocycles. The number of aryl methyl sites for hydroxylation is 1. The van der Waals surface area contributed by atoms with Crippen molar-refractivity contribution in [3.63, 3.8) is 0 Å². The van der Waals surface area contributed by atoms with Crippen molar-refractivity contribution in [3.05, 3.63) is 54.1 Å². The van der Waals surface area contributed by atoms with Crippen molar-refractivity contribution in [1.29, 1.82) is 0 Å². The second-order valence-electron chi connectivity index (χ2n) is 9.63. The third-order valence-corrected chi connectivity index (χ3v) is 8.81. The molecule has 2 aliphatic heterocycles. The molecule has 1 amide bonds. The van der Waals surface area contributed by atoms with Crippen molar-refractivity contribution in [2.45, 2.75) is 56.7 Å². The van der Waals surface area contributed by atoms with E-state index in [2.05, 4.69) is 10.6 Å². The molecule has 0 radical (unpaired) electrons. The Labute approximate surface area is 208 Å². The lowest BCUT2D eigenvalue weighted by Crippen LogP contribution is -2.59. The number of anilines is 1. The minimum absolute atomic E-state index is 0.120. The van der Waals surface area contributed by atoms with Crippen molar-refractivity contribution in [2.75, 3.05) is 38.0 Å². The molecule has 0 spiro atoms. The van der Waals surface area contributed by atoms with Crippen molar-refractivity contribution >= 4 is 21.6 Å². The van der Waals surface area contributed by atoms with Gasteiger partial charge < -0.3 is 15.4 Å². The maximum absolute atomic E-state index is 13.2. The van der Waals surface area contributed by atoms with E-state index < -0.39 is 10.0 Å². The van der Waals surface area contributed by atoms with Gasteiger partial charge in [-0.05, 0) is 70.5 Å². The number of ether oxygens (including phenoxy) is 1. The zero-order valence-electron chi connectivity index (χ0n) is 20.7. The number of sulfonamides is 1. The number of carbonyl (C=O) groups is 1. The van der Waals surface area contributed by atoms with Crippen LogP contribution < -0.4 is 15.4 Å². The molecule has 0 aliphatic carbocycles. The molecule has 2 saturated heterocycles. The SMILES string of the molecule is Cc1ccc(OC2CCNCC2)cc1NC(=O)CN1CC(C)N(S(=O)(=O)c2ccccc2)C(C)C1. The third kappa shape index (κ3) is 6.22. The summed E-state index contributed by atoms with van der Waals surface area (Å²) >= 11 is 0. The fraction of sp³-hybridized carbons (Fsp3) is 0.500. The number of nitrogens with one attached hydrogen (secondary N) is 2. The highest BCUT2D eigenvalue weighted by Crippen LogP contribution is 2.26. The number of piperidine rings is 1. The lowest BCUT2D eigenvalue weighted by Gasteiger charge is -2.43. The molecule has 8 nitrogen and oxygen atoms in total. The Kier molecular flexibility index (Phi) is 8.11. The van der Waals surface area contributed by atoms with Crippen molar-refractivity contribution in [1.82, 2.24) is 14.5 Å². The van der Waals surface area contributed by atoms with E-state index in [0.29, 0.717) is 18.0 Å². The minimum atomic E-state index is -3.60. The Balaban J connectivity index is 1.36. The fourth-order valence-electron chi connectivity index (χ4n) is 5.04. The average molecular weight is 501 g/mol. The van der Waals surface area contributed by atoms with Gasteiger partial charge in [-0.1, -0.05) is 24.3 Å². The maximum atomic E-state index is 13.2. The molecule has 2 heterocycles. The summed E-state index contributed by atoms with van der Waals surface area (Å²) in [6.07, 6.45) is 2.13. The lowest BCUT2D eigenvalue weighted by atomic mass is 10.1. The summed E-state index contributed by atoms with van der Waals surface area (Å²) in [6.45, 7) is 8.84. The summed E-state index contributed by atoms with van der Waals surface area (Å²) in [5, 5.41) is 6.36. The van der Waals surface area contributed by atoms with Crippen LogP contribution in [0, 0.1) is 6.92 Å². The van der Waals surface area contributed by atoms with Crippen LogP contribution in [0.1, 0.15) is 32.3 Å². The van der Waals surface area contributed by atoms with Gasteiger partial charge in [-0.25, -0.2) is 8.42 Å². The number of piperazine rings is 1. The molecule has 2 aromatic rings. The number of amides is 1. The van der Waals surface area contributed by atoms with Gasteiger partial charge in [0.2, 0.25) is 15.9 Å². The van der Waals surface area contributed by atoms with Crippen molar-refractivity contribution in [2.24, 2.45) is 0 Å². The molecule has 9 heteroatoms. The van der Waals surface area contributed by atoms with Gasteiger partial charge in [-0.3, -0.25) is 9.69 Å². The molecule has 2 atom stereocenters. The largest absolute Gasteiger partial charge is 0.490 e. The standard InChI is InChI=1S/C26H36N4O4S/c1-19-9-10-23(34-22-11-13-27-14-12-22)15-25(19)28-26(31)18-29-16-20(2)30(21(3)17-29)35(32,33)24-7-5-4-6-8-24/h4-10,15,20-22,27H,11-14,16-18H2,1-3H3,(H,28,31). The van der Waals surface area contributed by atoms with E-state index in [0.717, 1.165) is 42.9 Å². The average Bonchev–Trinajstić information content (AvgIpc) is 2.82. The van der Waals surface area contributed by atoms with Gasteiger partial charge in [-0.15, -0.1) is 0 Å². The van der Waals surface area contributed by atoms with Crippen LogP contribution in [0.25, 0.3) is 0 Å². The van der Waals surface area contributed by atoms with E-state index >= 15 is 0 Å². The number of hydrogen-bond acceptors (Lipinski definition) is 6. The number of rotatable bonds is 7. The number of carbonyl (C=O) groups excluding carboxylic acids is 1. The van der Waals surface area contributed by atoms with Gasteiger partial charge in [0.15, 0.2) is 0 Å². The predicted molar refractivity (Wildman–Crippen MR) is 137 cm³/mol. The first-order chi connectivity index (χ1) is 16.7. The molecule has 2 unspecified atom stereocenters.